The summed E-state index contributed by atoms with van der Waals surface area (Å²) < 4.78 is 6.81. The fraction of sp³-hybridized carbons (Fsp3) is 0.447. The molecule has 0 aromatic heterocycles. The van der Waals surface area contributed by atoms with Crippen molar-refractivity contribution in [2.45, 2.75) is 88.1 Å². The molecule has 3 aromatic rings. The topological polar surface area (TPSA) is 175 Å². The van der Waals surface area contributed by atoms with E-state index in [1.54, 1.807) is 41.1 Å². The number of amides is 3. The van der Waals surface area contributed by atoms with E-state index in [0.717, 1.165) is 36.1 Å². The lowest BCUT2D eigenvalue weighted by atomic mass is 9.82. The number of benzene rings is 3. The Kier molecular flexibility index (Phi) is 9.55. The zero-order valence-electron chi connectivity index (χ0n) is 29.6. The van der Waals surface area contributed by atoms with Gasteiger partial charge in [-0.3, -0.25) is 24.5 Å². The summed E-state index contributed by atoms with van der Waals surface area (Å²) in [6.45, 7) is 6.38. The molecule has 6 atom stereocenters. The molecule has 1 spiro atoms. The quantitative estimate of drug-likeness (QED) is 0.145. The Hall–Kier alpha value is -4.47. The molecule has 3 aromatic carbocycles. The second-order valence-corrected chi connectivity index (χ2v) is 19.1. The monoisotopic (exact) mass is 727 g/mol. The van der Waals surface area contributed by atoms with Crippen molar-refractivity contribution in [1.29, 1.82) is 0 Å². The van der Waals surface area contributed by atoms with E-state index in [2.05, 4.69) is 10.6 Å². The fourth-order valence-electron chi connectivity index (χ4n) is 8.88. The van der Waals surface area contributed by atoms with E-state index < -0.39 is 48.4 Å². The fourth-order valence-corrected chi connectivity index (χ4v) is 11.4. The number of carbonyl (C=O) groups excluding carboxylic acids is 3. The lowest BCUT2D eigenvalue weighted by Crippen LogP contribution is -2.48. The third-order valence-corrected chi connectivity index (χ3v) is 13.9. The molecule has 0 unspecified atom stereocenters. The van der Waals surface area contributed by atoms with E-state index in [1.165, 1.54) is 12.1 Å². The van der Waals surface area contributed by atoms with Gasteiger partial charge in [-0.05, 0) is 73.8 Å². The number of hydrogen-bond donors (Lipinski definition) is 4. The zero-order chi connectivity index (χ0) is 36.9. The van der Waals surface area contributed by atoms with Crippen molar-refractivity contribution in [1.82, 2.24) is 10.2 Å². The Bertz CT molecular complexity index is 1890. The van der Waals surface area contributed by atoms with Gasteiger partial charge >= 0.3 is 0 Å². The molecule has 2 saturated heterocycles. The number of rotatable bonds is 9. The van der Waals surface area contributed by atoms with Gasteiger partial charge in [-0.1, -0.05) is 43.3 Å². The number of nitro groups is 1. The van der Waals surface area contributed by atoms with Crippen LogP contribution in [0.2, 0.25) is 18.6 Å². The van der Waals surface area contributed by atoms with Gasteiger partial charge in [0.05, 0.1) is 48.4 Å². The molecule has 0 radical (unpaired) electrons. The van der Waals surface area contributed by atoms with Gasteiger partial charge in [0.25, 0.3) is 11.6 Å². The van der Waals surface area contributed by atoms with Crippen LogP contribution in [-0.2, 0) is 44.2 Å². The third-order valence-electron chi connectivity index (χ3n) is 11.4. The summed E-state index contributed by atoms with van der Waals surface area (Å²) in [5.74, 6) is -1.41. The van der Waals surface area contributed by atoms with Crippen LogP contribution in [0.25, 0.3) is 0 Å². The van der Waals surface area contributed by atoms with Crippen LogP contribution >= 0.6 is 0 Å². The van der Waals surface area contributed by atoms with Crippen LogP contribution in [0, 0.1) is 16.0 Å². The SMILES string of the molecule is C[C@H]1[C@H]([Si](C)(C)O)[C@@H](CC(=O)N2Cc3ccccc3C[C@H]2CO)O[C@]12C(=O)N(Cc1ccc(NC(=O)[C@H]3CCCN3)cc1)c1ccc([N+](=O)[O-])cc12. The van der Waals surface area contributed by atoms with Crippen LogP contribution in [0.1, 0.15) is 48.4 Å². The molecule has 7 rings (SSSR count). The maximum Gasteiger partial charge on any atom is 0.269 e. The minimum absolute atomic E-state index is 0.0975. The summed E-state index contributed by atoms with van der Waals surface area (Å²) in [4.78, 5) is 68.0. The van der Waals surface area contributed by atoms with Crippen LogP contribution < -0.4 is 15.5 Å². The van der Waals surface area contributed by atoms with Crippen molar-refractivity contribution >= 4 is 43.1 Å². The number of ether oxygens (including phenoxy) is 1. The Morgan fingerprint density at radius 2 is 1.85 bits per heavy atom. The summed E-state index contributed by atoms with van der Waals surface area (Å²) in [5, 5.41) is 28.4. The largest absolute Gasteiger partial charge is 0.432 e. The van der Waals surface area contributed by atoms with Gasteiger partial charge in [0.2, 0.25) is 11.8 Å². The molecule has 2 fully saturated rings. The van der Waals surface area contributed by atoms with Gasteiger partial charge < -0.3 is 35.1 Å². The molecule has 4 N–H and O–H groups in total. The number of aliphatic hydroxyl groups excluding tert-OH is 1. The van der Waals surface area contributed by atoms with E-state index >= 15 is 0 Å². The van der Waals surface area contributed by atoms with E-state index in [9.17, 15) is 34.4 Å². The Labute approximate surface area is 303 Å². The molecule has 0 bridgehead atoms. The standard InChI is InChI=1S/C38H45N5O8Si/c1-23-35(52(2,3)50)33(19-34(45)41-21-26-8-5-4-7-25(26)17-29(41)22-44)51-38(23)30-18-28(43(48)49)14-15-32(30)42(37(38)47)20-24-10-12-27(13-11-24)40-36(46)31-9-6-16-39-31/h4-5,7-8,10-15,18,23,29,31,33,35,39,44,50H,6,9,16-17,19-22H2,1-3H3,(H,40,46)/t23-,29-,31+,33+,35-,38+/m0/s1. The van der Waals surface area contributed by atoms with Crippen LogP contribution in [0.15, 0.2) is 66.7 Å². The van der Waals surface area contributed by atoms with Gasteiger partial charge in [0.15, 0.2) is 13.9 Å². The highest BCUT2D eigenvalue weighted by Crippen LogP contribution is 2.60. The minimum atomic E-state index is -3.14. The summed E-state index contributed by atoms with van der Waals surface area (Å²) in [6.07, 6.45) is 1.24. The lowest BCUT2D eigenvalue weighted by molar-refractivity contribution is -0.385. The van der Waals surface area contributed by atoms with Crippen molar-refractivity contribution in [2.24, 2.45) is 5.92 Å². The molecule has 4 aliphatic heterocycles. The Balaban J connectivity index is 1.19. The molecule has 13 nitrogen and oxygen atoms in total. The maximum atomic E-state index is 14.9. The van der Waals surface area contributed by atoms with Crippen LogP contribution in [-0.4, -0.2) is 77.1 Å². The highest BCUT2D eigenvalue weighted by molar-refractivity contribution is 6.71. The van der Waals surface area contributed by atoms with Crippen LogP contribution in [0.4, 0.5) is 17.1 Å². The zero-order valence-corrected chi connectivity index (χ0v) is 30.6. The molecule has 4 aliphatic rings. The van der Waals surface area contributed by atoms with Crippen LogP contribution in [0.5, 0.6) is 0 Å². The second-order valence-electron chi connectivity index (χ2n) is 15.1. The number of hydrogen-bond acceptors (Lipinski definition) is 9. The number of nitro benzene ring substituents is 1. The number of fused-ring (bicyclic) bond motifs is 3. The molecule has 52 heavy (non-hydrogen) atoms. The molecule has 14 heteroatoms. The summed E-state index contributed by atoms with van der Waals surface area (Å²) in [7, 11) is -3.14. The first-order valence-corrected chi connectivity index (χ1v) is 21.0. The van der Waals surface area contributed by atoms with Crippen molar-refractivity contribution in [3.63, 3.8) is 0 Å². The van der Waals surface area contributed by atoms with Gasteiger partial charge in [0, 0.05) is 41.4 Å². The minimum Gasteiger partial charge on any atom is -0.432 e. The molecule has 3 amide bonds. The van der Waals surface area contributed by atoms with Gasteiger partial charge in [-0.2, -0.15) is 0 Å². The first-order chi connectivity index (χ1) is 24.8. The van der Waals surface area contributed by atoms with Gasteiger partial charge in [-0.25, -0.2) is 0 Å². The highest BCUT2D eigenvalue weighted by Gasteiger charge is 2.66. The highest BCUT2D eigenvalue weighted by atomic mass is 28.4. The van der Waals surface area contributed by atoms with Crippen LogP contribution in [0.3, 0.4) is 0 Å². The van der Waals surface area contributed by atoms with E-state index in [0.29, 0.717) is 29.9 Å². The summed E-state index contributed by atoms with van der Waals surface area (Å²) in [6, 6.07) is 18.7. The van der Waals surface area contributed by atoms with E-state index in [-0.39, 0.29) is 43.1 Å². The Morgan fingerprint density at radius 1 is 1.12 bits per heavy atom. The average molecular weight is 728 g/mol. The summed E-state index contributed by atoms with van der Waals surface area (Å²) in [5.41, 5.74) is 1.80. The molecular formula is C38H45N5O8Si. The molecule has 0 aliphatic carbocycles. The van der Waals surface area contributed by atoms with Crippen molar-refractivity contribution in [2.75, 3.05) is 23.4 Å². The first kappa shape index (κ1) is 35.9. The van der Waals surface area contributed by atoms with Crippen molar-refractivity contribution < 1.29 is 33.9 Å². The van der Waals surface area contributed by atoms with Crippen molar-refractivity contribution in [3.05, 3.63) is 99.1 Å². The lowest BCUT2D eigenvalue weighted by Gasteiger charge is -2.37. The predicted octanol–water partition coefficient (Wildman–Crippen LogP) is 3.97. The molecular weight excluding hydrogens is 683 g/mol. The first-order valence-electron chi connectivity index (χ1n) is 17.9. The normalized spacial score (nSPS) is 26.8. The predicted molar refractivity (Wildman–Crippen MR) is 196 cm³/mol. The van der Waals surface area contributed by atoms with E-state index in [4.69, 9.17) is 4.74 Å². The number of anilines is 2. The third kappa shape index (κ3) is 6.32. The molecule has 0 saturated carbocycles. The van der Waals surface area contributed by atoms with Gasteiger partial charge in [-0.15, -0.1) is 0 Å². The van der Waals surface area contributed by atoms with E-state index in [1.807, 2.05) is 43.3 Å². The van der Waals surface area contributed by atoms with Gasteiger partial charge in [0.1, 0.15) is 0 Å². The number of carbonyl (C=O) groups is 3. The number of nitrogens with one attached hydrogen (secondary N) is 2. The summed E-state index contributed by atoms with van der Waals surface area (Å²) >= 11 is 0. The number of nitrogens with zero attached hydrogens (tertiary/aromatic N) is 3. The molecule has 274 valence electrons. The number of non-ortho nitro benzene ring substituents is 1. The number of aliphatic hydroxyl groups is 1. The maximum absolute atomic E-state index is 14.9. The Morgan fingerprint density at radius 3 is 2.50 bits per heavy atom. The molecule has 4 heterocycles. The second kappa shape index (κ2) is 13.8. The van der Waals surface area contributed by atoms with Crippen molar-refractivity contribution in [3.8, 4) is 0 Å². The smallest absolute Gasteiger partial charge is 0.269 e. The average Bonchev–Trinajstić information content (AvgIpc) is 3.82.